The second kappa shape index (κ2) is 8.66. The molecule has 0 fully saturated rings. The summed E-state index contributed by atoms with van der Waals surface area (Å²) in [6, 6.07) is 4.34. The lowest BCUT2D eigenvalue weighted by atomic mass is 10.0. The maximum Gasteiger partial charge on any atom is 0.157 e. The van der Waals surface area contributed by atoms with Crippen LogP contribution in [0.1, 0.15) is 5.56 Å². The van der Waals surface area contributed by atoms with Crippen LogP contribution in [0.4, 0.5) is 0 Å². The Hall–Kier alpha value is -1.71. The zero-order chi connectivity index (χ0) is 16.7. The van der Waals surface area contributed by atoms with Crippen LogP contribution in [-0.2, 0) is 6.42 Å². The number of aliphatic hydroxyl groups excluding tert-OH is 5. The first-order chi connectivity index (χ1) is 10.4. The van der Waals surface area contributed by atoms with Crippen LogP contribution in [0.25, 0.3) is 0 Å². The fourth-order valence-corrected chi connectivity index (χ4v) is 1.73. The van der Waals surface area contributed by atoms with Crippen molar-refractivity contribution in [3.8, 4) is 11.5 Å². The zero-order valence-corrected chi connectivity index (χ0v) is 11.8. The van der Waals surface area contributed by atoms with Crippen molar-refractivity contribution in [3.63, 3.8) is 0 Å². The normalized spacial score (nSPS) is 17.3. The molecule has 1 aromatic rings. The Balaban J connectivity index is 2.46. The Bertz CT molecular complexity index is 494. The van der Waals surface area contributed by atoms with Gasteiger partial charge in [0, 0.05) is 12.8 Å². The summed E-state index contributed by atoms with van der Waals surface area (Å²) in [4.78, 5) is 3.87. The standard InChI is InChI=1S/C14H21NO7/c16-7-12(20)14(22)13(21)11(19)6-15-4-3-8-1-2-9(17)10(18)5-8/h1-2,5-6,11-14,16-22H,3-4,7H2/b15-6+. The van der Waals surface area contributed by atoms with E-state index in [1.807, 2.05) is 0 Å². The minimum atomic E-state index is -1.69. The molecule has 0 aliphatic heterocycles. The van der Waals surface area contributed by atoms with Gasteiger partial charge in [0.1, 0.15) is 24.4 Å². The van der Waals surface area contributed by atoms with E-state index >= 15 is 0 Å². The number of nitrogens with zero attached hydrogens (tertiary/aromatic N) is 1. The summed E-state index contributed by atoms with van der Waals surface area (Å²) in [7, 11) is 0. The number of aromatic hydroxyl groups is 2. The molecule has 0 spiro atoms. The highest BCUT2D eigenvalue weighted by Gasteiger charge is 2.28. The molecule has 22 heavy (non-hydrogen) atoms. The van der Waals surface area contributed by atoms with E-state index in [1.165, 1.54) is 12.1 Å². The third kappa shape index (κ3) is 5.24. The zero-order valence-electron chi connectivity index (χ0n) is 11.8. The van der Waals surface area contributed by atoms with Crippen molar-refractivity contribution in [2.45, 2.75) is 30.8 Å². The van der Waals surface area contributed by atoms with Crippen molar-refractivity contribution in [2.24, 2.45) is 4.99 Å². The van der Waals surface area contributed by atoms with Gasteiger partial charge >= 0.3 is 0 Å². The van der Waals surface area contributed by atoms with Gasteiger partial charge in [0.05, 0.1) is 6.61 Å². The van der Waals surface area contributed by atoms with E-state index < -0.39 is 31.0 Å². The predicted molar refractivity (Wildman–Crippen MR) is 77.9 cm³/mol. The molecule has 0 heterocycles. The Morgan fingerprint density at radius 2 is 1.68 bits per heavy atom. The highest BCUT2D eigenvalue weighted by atomic mass is 16.4. The summed E-state index contributed by atoms with van der Waals surface area (Å²) in [5, 5.41) is 64.8. The molecule has 124 valence electrons. The number of phenolic OH excluding ortho intramolecular Hbond substituents is 2. The van der Waals surface area contributed by atoms with Gasteiger partial charge in [0.25, 0.3) is 0 Å². The smallest absolute Gasteiger partial charge is 0.157 e. The van der Waals surface area contributed by atoms with Crippen LogP contribution in [-0.4, -0.2) is 79.5 Å². The van der Waals surface area contributed by atoms with Crippen molar-refractivity contribution in [2.75, 3.05) is 13.2 Å². The van der Waals surface area contributed by atoms with E-state index in [4.69, 9.17) is 15.3 Å². The largest absolute Gasteiger partial charge is 0.504 e. The SMILES string of the molecule is OCC(O)C(O)C(O)C(O)/C=N/CCc1ccc(O)c(O)c1. The van der Waals surface area contributed by atoms with Gasteiger partial charge in [-0.15, -0.1) is 0 Å². The Kier molecular flexibility index (Phi) is 7.22. The molecule has 0 aliphatic rings. The van der Waals surface area contributed by atoms with Crippen molar-refractivity contribution in [1.82, 2.24) is 0 Å². The van der Waals surface area contributed by atoms with E-state index in [0.717, 1.165) is 11.8 Å². The molecule has 4 unspecified atom stereocenters. The van der Waals surface area contributed by atoms with E-state index in [1.54, 1.807) is 6.07 Å². The molecule has 8 nitrogen and oxygen atoms in total. The number of hydrogen-bond acceptors (Lipinski definition) is 8. The number of hydrogen-bond donors (Lipinski definition) is 7. The van der Waals surface area contributed by atoms with Gasteiger partial charge < -0.3 is 35.7 Å². The van der Waals surface area contributed by atoms with Gasteiger partial charge in [-0.3, -0.25) is 4.99 Å². The van der Waals surface area contributed by atoms with Crippen molar-refractivity contribution < 1.29 is 35.7 Å². The van der Waals surface area contributed by atoms with Gasteiger partial charge in [-0.25, -0.2) is 0 Å². The predicted octanol–water partition coefficient (Wildman–Crippen LogP) is -1.85. The monoisotopic (exact) mass is 315 g/mol. The third-order valence-electron chi connectivity index (χ3n) is 3.11. The molecule has 0 bridgehead atoms. The Morgan fingerprint density at radius 3 is 2.27 bits per heavy atom. The minimum absolute atomic E-state index is 0.220. The summed E-state index contributed by atoms with van der Waals surface area (Å²) in [6.45, 7) is -0.501. The van der Waals surface area contributed by atoms with Gasteiger partial charge in [-0.05, 0) is 24.1 Å². The average molecular weight is 315 g/mol. The topological polar surface area (TPSA) is 154 Å². The summed E-state index contributed by atoms with van der Waals surface area (Å²) in [6.07, 6.45) is -4.97. The second-order valence-electron chi connectivity index (χ2n) is 4.85. The van der Waals surface area contributed by atoms with Crippen LogP contribution in [0, 0.1) is 0 Å². The summed E-state index contributed by atoms with van der Waals surface area (Å²) >= 11 is 0. The fourth-order valence-electron chi connectivity index (χ4n) is 1.73. The highest BCUT2D eigenvalue weighted by Crippen LogP contribution is 2.24. The number of aliphatic hydroxyl groups is 5. The molecule has 0 saturated heterocycles. The molecule has 8 heteroatoms. The lowest BCUT2D eigenvalue weighted by Crippen LogP contribution is -2.46. The van der Waals surface area contributed by atoms with Gasteiger partial charge in [-0.1, -0.05) is 6.07 Å². The summed E-state index contributed by atoms with van der Waals surface area (Å²) in [5.41, 5.74) is 0.721. The van der Waals surface area contributed by atoms with Gasteiger partial charge in [0.15, 0.2) is 11.5 Å². The molecular formula is C14H21NO7. The van der Waals surface area contributed by atoms with Crippen molar-refractivity contribution in [3.05, 3.63) is 23.8 Å². The molecule has 0 aromatic heterocycles. The third-order valence-corrected chi connectivity index (χ3v) is 3.11. The second-order valence-corrected chi connectivity index (χ2v) is 4.85. The maximum absolute atomic E-state index is 9.59. The van der Waals surface area contributed by atoms with Crippen molar-refractivity contribution >= 4 is 6.21 Å². The minimum Gasteiger partial charge on any atom is -0.504 e. The van der Waals surface area contributed by atoms with Crippen LogP contribution in [0.15, 0.2) is 23.2 Å². The van der Waals surface area contributed by atoms with Crippen LogP contribution in [0.3, 0.4) is 0 Å². The number of benzene rings is 1. The van der Waals surface area contributed by atoms with E-state index in [9.17, 15) is 20.4 Å². The van der Waals surface area contributed by atoms with Crippen LogP contribution >= 0.6 is 0 Å². The number of aliphatic imine (C=N–C) groups is 1. The first kappa shape index (κ1) is 18.3. The molecule has 1 rings (SSSR count). The van der Waals surface area contributed by atoms with Crippen LogP contribution in [0.5, 0.6) is 11.5 Å². The average Bonchev–Trinajstić information content (AvgIpc) is 2.52. The molecule has 4 atom stereocenters. The summed E-state index contributed by atoms with van der Waals surface area (Å²) < 4.78 is 0. The highest BCUT2D eigenvalue weighted by molar-refractivity contribution is 5.63. The molecule has 0 radical (unpaired) electrons. The fraction of sp³-hybridized carbons (Fsp3) is 0.500. The maximum atomic E-state index is 9.59. The van der Waals surface area contributed by atoms with Crippen LogP contribution < -0.4 is 0 Å². The van der Waals surface area contributed by atoms with Gasteiger partial charge in [-0.2, -0.15) is 0 Å². The van der Waals surface area contributed by atoms with E-state index in [0.29, 0.717) is 6.42 Å². The first-order valence-electron chi connectivity index (χ1n) is 6.70. The lowest BCUT2D eigenvalue weighted by Gasteiger charge is -2.23. The van der Waals surface area contributed by atoms with Crippen LogP contribution in [0.2, 0.25) is 0 Å². The number of phenols is 2. The molecule has 0 saturated carbocycles. The Morgan fingerprint density at radius 1 is 1.00 bits per heavy atom. The first-order valence-corrected chi connectivity index (χ1v) is 6.70. The molecule has 7 N–H and O–H groups in total. The summed E-state index contributed by atoms with van der Waals surface area (Å²) in [5.74, 6) is -0.458. The van der Waals surface area contributed by atoms with Crippen molar-refractivity contribution in [1.29, 1.82) is 0 Å². The molecule has 1 aromatic carbocycles. The molecule has 0 aliphatic carbocycles. The van der Waals surface area contributed by atoms with Gasteiger partial charge in [0.2, 0.25) is 0 Å². The Labute approximate surface area is 127 Å². The quantitative estimate of drug-likeness (QED) is 0.219. The lowest BCUT2D eigenvalue weighted by molar-refractivity contribution is -0.0999. The van der Waals surface area contributed by atoms with E-state index in [2.05, 4.69) is 4.99 Å². The van der Waals surface area contributed by atoms with E-state index in [-0.39, 0.29) is 18.0 Å². The molecular weight excluding hydrogens is 294 g/mol. The number of rotatable bonds is 8. The molecule has 0 amide bonds.